The largest absolute Gasteiger partial charge is 0.481 e. The quantitative estimate of drug-likeness (QED) is 0.741. The number of carbonyl (C=O) groups excluding carboxylic acids is 1. The third-order valence-electron chi connectivity index (χ3n) is 3.48. The van der Waals surface area contributed by atoms with Crippen LogP contribution >= 0.6 is 0 Å². The summed E-state index contributed by atoms with van der Waals surface area (Å²) in [5, 5.41) is 18.8. The number of rotatable bonds is 4. The average Bonchev–Trinajstić information content (AvgIpc) is 2.09. The van der Waals surface area contributed by atoms with E-state index in [4.69, 9.17) is 14.6 Å². The first kappa shape index (κ1) is 13.9. The summed E-state index contributed by atoms with van der Waals surface area (Å²) < 4.78 is 10.4. The maximum absolute atomic E-state index is 11.3. The third-order valence-corrected chi connectivity index (χ3v) is 3.48. The van der Waals surface area contributed by atoms with Crippen molar-refractivity contribution in [2.75, 3.05) is 0 Å². The fourth-order valence-electron chi connectivity index (χ4n) is 2.42. The molecular formula is C13H18O6. The Morgan fingerprint density at radius 3 is 2.63 bits per heavy atom. The van der Waals surface area contributed by atoms with Gasteiger partial charge in [0.25, 0.3) is 0 Å². The van der Waals surface area contributed by atoms with Crippen LogP contribution in [-0.4, -0.2) is 34.0 Å². The van der Waals surface area contributed by atoms with E-state index in [1.165, 1.54) is 6.08 Å². The fourth-order valence-corrected chi connectivity index (χ4v) is 2.42. The lowest BCUT2D eigenvalue weighted by Gasteiger charge is -2.37. The van der Waals surface area contributed by atoms with Crippen molar-refractivity contribution in [1.82, 2.24) is 0 Å². The molecule has 0 aromatic carbocycles. The van der Waals surface area contributed by atoms with E-state index in [1.807, 2.05) is 0 Å². The molecule has 1 saturated carbocycles. The molecule has 19 heavy (non-hydrogen) atoms. The standard InChI is InChI=1S/C13H18O6/c1-13(2)18-9(6-11(15)19-13)5-10(14)7-3-8(4-7)12(16)17/h6-8,10,14H,3-5H2,1-2H3,(H,16,17). The monoisotopic (exact) mass is 270 g/mol. The van der Waals surface area contributed by atoms with Gasteiger partial charge in [-0.1, -0.05) is 0 Å². The summed E-state index contributed by atoms with van der Waals surface area (Å²) in [5.74, 6) is -2.36. The first-order valence-corrected chi connectivity index (χ1v) is 6.30. The zero-order valence-electron chi connectivity index (χ0n) is 11.0. The Balaban J connectivity index is 1.88. The second-order valence-electron chi connectivity index (χ2n) is 5.57. The van der Waals surface area contributed by atoms with Gasteiger partial charge in [0.1, 0.15) is 5.76 Å². The SMILES string of the molecule is CC1(C)OC(=O)C=C(CC(O)C2CC(C(=O)O)C2)O1. The molecule has 2 aliphatic rings. The Bertz CT molecular complexity index is 419. The lowest BCUT2D eigenvalue weighted by molar-refractivity contribution is -0.207. The second kappa shape index (κ2) is 4.85. The number of aliphatic hydroxyl groups excluding tert-OH is 1. The molecule has 0 aromatic rings. The summed E-state index contributed by atoms with van der Waals surface area (Å²) >= 11 is 0. The van der Waals surface area contributed by atoms with E-state index in [9.17, 15) is 14.7 Å². The number of carbonyl (C=O) groups is 2. The van der Waals surface area contributed by atoms with Gasteiger partial charge in [0, 0.05) is 20.3 Å². The first-order chi connectivity index (χ1) is 8.77. The van der Waals surface area contributed by atoms with Gasteiger partial charge in [0.05, 0.1) is 18.1 Å². The topological polar surface area (TPSA) is 93.1 Å². The Labute approximate surface area is 111 Å². The number of hydrogen-bond acceptors (Lipinski definition) is 5. The van der Waals surface area contributed by atoms with E-state index in [0.717, 1.165) is 0 Å². The highest BCUT2D eigenvalue weighted by molar-refractivity contribution is 5.83. The van der Waals surface area contributed by atoms with Gasteiger partial charge < -0.3 is 19.7 Å². The molecule has 1 fully saturated rings. The Morgan fingerprint density at radius 1 is 1.47 bits per heavy atom. The zero-order chi connectivity index (χ0) is 14.2. The van der Waals surface area contributed by atoms with Crippen LogP contribution in [0.4, 0.5) is 0 Å². The summed E-state index contributed by atoms with van der Waals surface area (Å²) in [5.41, 5.74) is 0. The zero-order valence-corrected chi connectivity index (χ0v) is 11.0. The molecule has 2 N–H and O–H groups in total. The van der Waals surface area contributed by atoms with Crippen molar-refractivity contribution >= 4 is 11.9 Å². The molecule has 1 aliphatic heterocycles. The molecule has 6 heteroatoms. The minimum Gasteiger partial charge on any atom is -0.481 e. The van der Waals surface area contributed by atoms with Gasteiger partial charge in [-0.05, 0) is 18.8 Å². The van der Waals surface area contributed by atoms with E-state index in [1.54, 1.807) is 13.8 Å². The van der Waals surface area contributed by atoms with Gasteiger partial charge >= 0.3 is 11.9 Å². The van der Waals surface area contributed by atoms with Crippen LogP contribution in [0.2, 0.25) is 0 Å². The van der Waals surface area contributed by atoms with Crippen LogP contribution in [-0.2, 0) is 19.1 Å². The molecule has 1 unspecified atom stereocenters. The van der Waals surface area contributed by atoms with Gasteiger partial charge in [0.15, 0.2) is 0 Å². The minimum absolute atomic E-state index is 0.0494. The molecule has 106 valence electrons. The number of ether oxygens (including phenoxy) is 2. The molecule has 0 saturated heterocycles. The van der Waals surface area contributed by atoms with Crippen LogP contribution in [0.5, 0.6) is 0 Å². The van der Waals surface area contributed by atoms with Crippen LogP contribution in [0, 0.1) is 11.8 Å². The average molecular weight is 270 g/mol. The van der Waals surface area contributed by atoms with Crippen LogP contribution in [0.25, 0.3) is 0 Å². The van der Waals surface area contributed by atoms with Gasteiger partial charge in [-0.15, -0.1) is 0 Å². The van der Waals surface area contributed by atoms with Crippen molar-refractivity contribution < 1.29 is 29.3 Å². The molecule has 2 rings (SSSR count). The van der Waals surface area contributed by atoms with E-state index in [0.29, 0.717) is 18.6 Å². The molecule has 1 aliphatic carbocycles. The van der Waals surface area contributed by atoms with Crippen LogP contribution in [0.3, 0.4) is 0 Å². The molecule has 0 spiro atoms. The predicted molar refractivity (Wildman–Crippen MR) is 63.8 cm³/mol. The van der Waals surface area contributed by atoms with E-state index < -0.39 is 23.8 Å². The third kappa shape index (κ3) is 3.26. The van der Waals surface area contributed by atoms with Crippen molar-refractivity contribution in [3.63, 3.8) is 0 Å². The number of aliphatic hydroxyl groups is 1. The minimum atomic E-state index is -1.02. The van der Waals surface area contributed by atoms with Gasteiger partial charge in [-0.2, -0.15) is 0 Å². The van der Waals surface area contributed by atoms with E-state index in [2.05, 4.69) is 0 Å². The molecule has 1 atom stereocenters. The van der Waals surface area contributed by atoms with Gasteiger partial charge in [-0.25, -0.2) is 4.79 Å². The number of esters is 1. The summed E-state index contributed by atoms with van der Waals surface area (Å²) in [6, 6.07) is 0. The number of hydrogen-bond donors (Lipinski definition) is 2. The number of cyclic esters (lactones) is 1. The number of carboxylic acids is 1. The van der Waals surface area contributed by atoms with E-state index >= 15 is 0 Å². The maximum Gasteiger partial charge on any atom is 0.337 e. The number of aliphatic carboxylic acids is 1. The molecule has 0 radical (unpaired) electrons. The first-order valence-electron chi connectivity index (χ1n) is 6.30. The summed E-state index contributed by atoms with van der Waals surface area (Å²) in [4.78, 5) is 22.0. The molecular weight excluding hydrogens is 252 g/mol. The van der Waals surface area contributed by atoms with Crippen molar-refractivity contribution in [2.45, 2.75) is 45.0 Å². The van der Waals surface area contributed by atoms with Crippen LogP contribution in [0.15, 0.2) is 11.8 Å². The molecule has 0 aromatic heterocycles. The lowest BCUT2D eigenvalue weighted by atomic mass is 9.71. The van der Waals surface area contributed by atoms with Crippen molar-refractivity contribution in [2.24, 2.45) is 11.8 Å². The highest BCUT2D eigenvalue weighted by Crippen LogP contribution is 2.38. The summed E-state index contributed by atoms with van der Waals surface area (Å²) in [7, 11) is 0. The van der Waals surface area contributed by atoms with Crippen molar-refractivity contribution in [1.29, 1.82) is 0 Å². The molecule has 0 amide bonds. The van der Waals surface area contributed by atoms with Crippen LogP contribution < -0.4 is 0 Å². The Morgan fingerprint density at radius 2 is 2.11 bits per heavy atom. The second-order valence-corrected chi connectivity index (χ2v) is 5.57. The van der Waals surface area contributed by atoms with Crippen LogP contribution in [0.1, 0.15) is 33.1 Å². The van der Waals surface area contributed by atoms with Gasteiger partial charge in [0.2, 0.25) is 5.79 Å². The Hall–Kier alpha value is -1.56. The van der Waals surface area contributed by atoms with E-state index in [-0.39, 0.29) is 18.3 Å². The molecule has 6 nitrogen and oxygen atoms in total. The Kier molecular flexibility index (Phi) is 3.54. The normalized spacial score (nSPS) is 30.5. The highest BCUT2D eigenvalue weighted by atomic mass is 16.7. The maximum atomic E-state index is 11.3. The fraction of sp³-hybridized carbons (Fsp3) is 0.692. The predicted octanol–water partition coefficient (Wildman–Crippen LogP) is 1.04. The lowest BCUT2D eigenvalue weighted by Crippen LogP contribution is -2.39. The summed E-state index contributed by atoms with van der Waals surface area (Å²) in [6.07, 6.45) is 1.68. The molecule has 0 bridgehead atoms. The van der Waals surface area contributed by atoms with Gasteiger partial charge in [-0.3, -0.25) is 4.79 Å². The van der Waals surface area contributed by atoms with Crippen molar-refractivity contribution in [3.8, 4) is 0 Å². The smallest absolute Gasteiger partial charge is 0.337 e. The van der Waals surface area contributed by atoms with Crippen molar-refractivity contribution in [3.05, 3.63) is 11.8 Å². The molecule has 1 heterocycles. The number of carboxylic acid groups (broad SMARTS) is 1. The summed E-state index contributed by atoms with van der Waals surface area (Å²) in [6.45, 7) is 3.24. The highest BCUT2D eigenvalue weighted by Gasteiger charge is 2.40.